The van der Waals surface area contributed by atoms with Crippen molar-refractivity contribution in [2.24, 2.45) is 0 Å². The minimum Gasteiger partial charge on any atom is -0.493 e. The minimum absolute atomic E-state index is 0.00905. The van der Waals surface area contributed by atoms with Crippen LogP contribution in [-0.4, -0.2) is 28.4 Å². The molecule has 6 nitrogen and oxygen atoms in total. The van der Waals surface area contributed by atoms with Gasteiger partial charge in [0.2, 0.25) is 0 Å². The first kappa shape index (κ1) is 14.1. The Labute approximate surface area is 104 Å². The molecule has 0 amide bonds. The lowest BCUT2D eigenvalue weighted by atomic mass is 10.1. The summed E-state index contributed by atoms with van der Waals surface area (Å²) in [5, 5.41) is 29.1. The molecule has 0 spiro atoms. The smallest absolute Gasteiger partial charge is 0.275 e. The van der Waals surface area contributed by atoms with E-state index < -0.39 is 11.0 Å². The highest BCUT2D eigenvalue weighted by Crippen LogP contribution is 2.29. The molecule has 1 unspecified atom stereocenters. The fraction of sp³-hybridized carbons (Fsp3) is 0.333. The van der Waals surface area contributed by atoms with Crippen molar-refractivity contribution in [3.8, 4) is 5.75 Å². The Morgan fingerprint density at radius 1 is 1.56 bits per heavy atom. The van der Waals surface area contributed by atoms with Crippen LogP contribution >= 0.6 is 0 Å². The molecule has 1 aromatic carbocycles. The zero-order chi connectivity index (χ0) is 13.5. The number of hydrogen-bond donors (Lipinski definition) is 2. The molecule has 0 aliphatic rings. The van der Waals surface area contributed by atoms with E-state index >= 15 is 0 Å². The molecule has 0 heterocycles. The van der Waals surface area contributed by atoms with Gasteiger partial charge in [0.15, 0.2) is 0 Å². The van der Waals surface area contributed by atoms with E-state index in [1.165, 1.54) is 24.3 Å². The van der Waals surface area contributed by atoms with E-state index in [4.69, 9.17) is 9.84 Å². The van der Waals surface area contributed by atoms with Crippen molar-refractivity contribution < 1.29 is 19.9 Å². The summed E-state index contributed by atoms with van der Waals surface area (Å²) in [4.78, 5) is 10.2. The summed E-state index contributed by atoms with van der Waals surface area (Å²) in [6, 6.07) is 4.13. The lowest BCUT2D eigenvalue weighted by molar-refractivity contribution is -0.386. The second kappa shape index (κ2) is 6.73. The first-order valence-electron chi connectivity index (χ1n) is 5.42. The first-order valence-corrected chi connectivity index (χ1v) is 5.42. The average molecular weight is 253 g/mol. The molecule has 0 saturated heterocycles. The molecule has 1 atom stereocenters. The van der Waals surface area contributed by atoms with E-state index in [1.54, 1.807) is 0 Å². The molecule has 0 aliphatic heterocycles. The van der Waals surface area contributed by atoms with Gasteiger partial charge in [-0.05, 0) is 12.1 Å². The zero-order valence-electron chi connectivity index (χ0n) is 9.78. The van der Waals surface area contributed by atoms with Gasteiger partial charge in [0.1, 0.15) is 11.9 Å². The Balaban J connectivity index is 2.97. The summed E-state index contributed by atoms with van der Waals surface area (Å²) >= 11 is 0. The number of nitro benzene ring substituents is 1. The predicted molar refractivity (Wildman–Crippen MR) is 65.5 cm³/mol. The van der Waals surface area contributed by atoms with Crippen LogP contribution in [0.1, 0.15) is 18.1 Å². The molecule has 18 heavy (non-hydrogen) atoms. The minimum atomic E-state index is -1.12. The van der Waals surface area contributed by atoms with E-state index in [-0.39, 0.29) is 17.9 Å². The van der Waals surface area contributed by atoms with Crippen molar-refractivity contribution in [3.63, 3.8) is 0 Å². The second-order valence-corrected chi connectivity index (χ2v) is 3.58. The maximum absolute atomic E-state index is 10.8. The number of nitro groups is 1. The number of aliphatic hydroxyl groups excluding tert-OH is 2. The Kier molecular flexibility index (Phi) is 5.29. The number of aliphatic hydroxyl groups is 2. The van der Waals surface area contributed by atoms with Crippen LogP contribution in [0.4, 0.5) is 5.69 Å². The van der Waals surface area contributed by atoms with Crippen LogP contribution in [0.3, 0.4) is 0 Å². The van der Waals surface area contributed by atoms with E-state index in [2.05, 4.69) is 6.58 Å². The molecule has 1 aromatic rings. The van der Waals surface area contributed by atoms with Gasteiger partial charge in [0.05, 0.1) is 17.1 Å². The molecule has 6 heteroatoms. The summed E-state index contributed by atoms with van der Waals surface area (Å²) < 4.78 is 5.29. The van der Waals surface area contributed by atoms with Crippen LogP contribution in [-0.2, 0) is 0 Å². The normalized spacial score (nSPS) is 11.9. The molecule has 0 aliphatic carbocycles. The number of benzene rings is 1. The third kappa shape index (κ3) is 3.54. The lowest BCUT2D eigenvalue weighted by Crippen LogP contribution is -2.03. The van der Waals surface area contributed by atoms with Gasteiger partial charge in [-0.3, -0.25) is 10.1 Å². The quantitative estimate of drug-likeness (QED) is 0.333. The molecule has 98 valence electrons. The Morgan fingerprint density at radius 2 is 2.28 bits per heavy atom. The molecule has 0 bridgehead atoms. The van der Waals surface area contributed by atoms with Gasteiger partial charge in [0, 0.05) is 19.1 Å². The van der Waals surface area contributed by atoms with Crippen molar-refractivity contribution in [3.05, 3.63) is 46.5 Å². The summed E-state index contributed by atoms with van der Waals surface area (Å²) in [5.74, 6) is 0.407. The number of ether oxygens (including phenoxy) is 1. The fourth-order valence-corrected chi connectivity index (χ4v) is 1.41. The zero-order valence-corrected chi connectivity index (χ0v) is 9.78. The van der Waals surface area contributed by atoms with Crippen molar-refractivity contribution in [2.45, 2.75) is 12.5 Å². The molecule has 2 N–H and O–H groups in total. The van der Waals surface area contributed by atoms with E-state index in [1.807, 2.05) is 0 Å². The summed E-state index contributed by atoms with van der Waals surface area (Å²) in [5.41, 5.74) is -0.0478. The van der Waals surface area contributed by atoms with Crippen molar-refractivity contribution in [1.29, 1.82) is 0 Å². The van der Waals surface area contributed by atoms with Crippen LogP contribution in [0.15, 0.2) is 30.9 Å². The largest absolute Gasteiger partial charge is 0.493 e. The number of nitrogens with zero attached hydrogens (tertiary/aromatic N) is 1. The van der Waals surface area contributed by atoms with E-state index in [0.717, 1.165) is 0 Å². The Morgan fingerprint density at radius 3 is 2.83 bits per heavy atom. The standard InChI is InChI=1S/C12H15NO5/c1-2-12(15)10-8-9(18-7-3-6-14)4-5-11(10)13(16)17/h2,4-5,8,12,14-15H,1,3,6-7H2. The van der Waals surface area contributed by atoms with Gasteiger partial charge in [-0.15, -0.1) is 6.58 Å². The van der Waals surface area contributed by atoms with Crippen molar-refractivity contribution in [1.82, 2.24) is 0 Å². The Hall–Kier alpha value is -1.92. The van der Waals surface area contributed by atoms with Gasteiger partial charge in [-0.1, -0.05) is 6.08 Å². The third-order valence-electron chi connectivity index (χ3n) is 2.31. The summed E-state index contributed by atoms with van der Waals surface area (Å²) in [6.07, 6.45) is 0.558. The first-order chi connectivity index (χ1) is 8.60. The van der Waals surface area contributed by atoms with E-state index in [0.29, 0.717) is 18.8 Å². The van der Waals surface area contributed by atoms with Gasteiger partial charge < -0.3 is 14.9 Å². The predicted octanol–water partition coefficient (Wildman–Crippen LogP) is 1.58. The van der Waals surface area contributed by atoms with Crippen LogP contribution in [0.25, 0.3) is 0 Å². The molecular formula is C12H15NO5. The fourth-order valence-electron chi connectivity index (χ4n) is 1.41. The van der Waals surface area contributed by atoms with Crippen LogP contribution in [0.5, 0.6) is 5.75 Å². The lowest BCUT2D eigenvalue weighted by Gasteiger charge is -2.10. The molecule has 0 saturated carbocycles. The SMILES string of the molecule is C=CC(O)c1cc(OCCCO)ccc1[N+](=O)[O-]. The molecule has 0 fully saturated rings. The van der Waals surface area contributed by atoms with Gasteiger partial charge in [-0.2, -0.15) is 0 Å². The number of hydrogen-bond acceptors (Lipinski definition) is 5. The van der Waals surface area contributed by atoms with Crippen molar-refractivity contribution in [2.75, 3.05) is 13.2 Å². The molecule has 1 rings (SSSR count). The Bertz CT molecular complexity index is 432. The van der Waals surface area contributed by atoms with Gasteiger partial charge in [0.25, 0.3) is 5.69 Å². The monoisotopic (exact) mass is 253 g/mol. The van der Waals surface area contributed by atoms with Crippen LogP contribution < -0.4 is 4.74 Å². The average Bonchev–Trinajstić information content (AvgIpc) is 2.37. The third-order valence-corrected chi connectivity index (χ3v) is 2.31. The maximum Gasteiger partial charge on any atom is 0.275 e. The van der Waals surface area contributed by atoms with Crippen molar-refractivity contribution >= 4 is 5.69 Å². The highest BCUT2D eigenvalue weighted by atomic mass is 16.6. The van der Waals surface area contributed by atoms with Gasteiger partial charge in [-0.25, -0.2) is 0 Å². The summed E-state index contributed by atoms with van der Waals surface area (Å²) in [7, 11) is 0. The molecule has 0 radical (unpaired) electrons. The van der Waals surface area contributed by atoms with Gasteiger partial charge >= 0.3 is 0 Å². The van der Waals surface area contributed by atoms with Crippen LogP contribution in [0, 0.1) is 10.1 Å². The van der Waals surface area contributed by atoms with E-state index in [9.17, 15) is 15.2 Å². The number of rotatable bonds is 7. The topological polar surface area (TPSA) is 92.8 Å². The molecule has 0 aromatic heterocycles. The second-order valence-electron chi connectivity index (χ2n) is 3.58. The van der Waals surface area contributed by atoms with Crippen LogP contribution in [0.2, 0.25) is 0 Å². The summed E-state index contributed by atoms with van der Waals surface area (Å²) in [6.45, 7) is 3.71. The maximum atomic E-state index is 10.8. The highest BCUT2D eigenvalue weighted by molar-refractivity contribution is 5.47. The highest BCUT2D eigenvalue weighted by Gasteiger charge is 2.19. The molecular weight excluding hydrogens is 238 g/mol.